The maximum absolute atomic E-state index is 6.18. The van der Waals surface area contributed by atoms with Crippen molar-refractivity contribution < 1.29 is 13.3 Å². The molecule has 0 heterocycles. The average molecular weight is 491 g/mol. The Morgan fingerprint density at radius 1 is 0.647 bits per heavy atom. The van der Waals surface area contributed by atoms with Crippen molar-refractivity contribution in [1.82, 2.24) is 0 Å². The van der Waals surface area contributed by atoms with Crippen LogP contribution in [0.4, 0.5) is 0 Å². The van der Waals surface area contributed by atoms with E-state index in [4.69, 9.17) is 13.3 Å². The second-order valence-electron chi connectivity index (χ2n) is 8.30. The van der Waals surface area contributed by atoms with Gasteiger partial charge in [0.25, 0.3) is 0 Å². The molecule has 0 N–H and O–H groups in total. The van der Waals surface area contributed by atoms with Gasteiger partial charge in [-0.05, 0) is 47.9 Å². The van der Waals surface area contributed by atoms with E-state index in [-0.39, 0.29) is 0 Å². The van der Waals surface area contributed by atoms with E-state index in [0.717, 1.165) is 24.1 Å². The first-order valence-corrected chi connectivity index (χ1v) is 16.5. The van der Waals surface area contributed by atoms with Crippen LogP contribution in [0.2, 0.25) is 12.1 Å². The molecule has 0 aromatic heterocycles. The van der Waals surface area contributed by atoms with Gasteiger partial charge >= 0.3 is 8.80 Å². The zero-order chi connectivity index (χ0) is 24.3. The molecule has 0 spiro atoms. The molecule has 3 aromatic carbocycles. The van der Waals surface area contributed by atoms with Gasteiger partial charge < -0.3 is 13.3 Å². The lowest BCUT2D eigenvalue weighted by molar-refractivity contribution is 0.0711. The van der Waals surface area contributed by atoms with E-state index in [0.29, 0.717) is 19.8 Å². The van der Waals surface area contributed by atoms with Crippen molar-refractivity contribution >= 4 is 38.5 Å². The minimum atomic E-state index is -2.71. The fourth-order valence-corrected chi connectivity index (χ4v) is 12.7. The van der Waals surface area contributed by atoms with Crippen LogP contribution in [0.25, 0.3) is 6.08 Å². The molecular formula is C29H38O3Si2. The first-order valence-electron chi connectivity index (χ1n) is 12.4. The zero-order valence-electron chi connectivity index (χ0n) is 20.8. The topological polar surface area (TPSA) is 27.7 Å². The molecule has 3 rings (SSSR count). The lowest BCUT2D eigenvalue weighted by Gasteiger charge is -2.35. The summed E-state index contributed by atoms with van der Waals surface area (Å²) in [7, 11) is -5.04. The smallest absolute Gasteiger partial charge is 0.374 e. The summed E-state index contributed by atoms with van der Waals surface area (Å²) in [6.45, 7) is 11.9. The van der Waals surface area contributed by atoms with Gasteiger partial charge in [0.1, 0.15) is 8.07 Å². The third-order valence-corrected chi connectivity index (χ3v) is 14.5. The van der Waals surface area contributed by atoms with E-state index >= 15 is 0 Å². The second-order valence-corrected chi connectivity index (χ2v) is 15.1. The maximum Gasteiger partial charge on any atom is 0.500 e. The molecule has 0 saturated heterocycles. The Labute approximate surface area is 207 Å². The Balaban J connectivity index is 2.10. The van der Waals surface area contributed by atoms with Gasteiger partial charge in [0, 0.05) is 25.9 Å². The predicted octanol–water partition coefficient (Wildman–Crippen LogP) is 5.24. The summed E-state index contributed by atoms with van der Waals surface area (Å²) in [5, 5.41) is 4.23. The van der Waals surface area contributed by atoms with Crippen LogP contribution in [0.5, 0.6) is 0 Å². The monoisotopic (exact) mass is 490 g/mol. The summed E-state index contributed by atoms with van der Waals surface area (Å²) in [6.07, 6.45) is 2.91. The molecule has 0 atom stereocenters. The summed E-state index contributed by atoms with van der Waals surface area (Å²) in [4.78, 5) is 0. The standard InChI is InChI=1S/C29H38O3Si2/c1-5-26-17-15-22-29(25-26)33(27-18-11-9-12-19-27,28-20-13-10-14-21-28)23-16-24-34(30-6-2,31-7-3)32-8-4/h5,9-15,17-22,25H,1,6-8,16,23-24H2,2-4H3. The highest BCUT2D eigenvalue weighted by Gasteiger charge is 2.43. The van der Waals surface area contributed by atoms with Crippen LogP contribution in [0.3, 0.4) is 0 Å². The minimum Gasteiger partial charge on any atom is -0.374 e. The maximum atomic E-state index is 6.18. The van der Waals surface area contributed by atoms with Crippen molar-refractivity contribution in [3.63, 3.8) is 0 Å². The van der Waals surface area contributed by atoms with Crippen molar-refractivity contribution in [2.45, 2.75) is 39.3 Å². The van der Waals surface area contributed by atoms with Gasteiger partial charge in [-0.15, -0.1) is 0 Å². The Bertz CT molecular complexity index is 952. The molecule has 3 nitrogen and oxygen atoms in total. The van der Waals surface area contributed by atoms with Gasteiger partial charge in [0.05, 0.1) is 0 Å². The first kappa shape index (κ1) is 26.3. The van der Waals surface area contributed by atoms with Gasteiger partial charge in [0.15, 0.2) is 0 Å². The molecule has 34 heavy (non-hydrogen) atoms. The Hall–Kier alpha value is -2.29. The fraction of sp³-hybridized carbons (Fsp3) is 0.310. The third-order valence-electron chi connectivity index (χ3n) is 6.28. The van der Waals surface area contributed by atoms with E-state index < -0.39 is 16.9 Å². The lowest BCUT2D eigenvalue weighted by Crippen LogP contribution is -2.67. The average Bonchev–Trinajstić information content (AvgIpc) is 2.88. The molecule has 0 radical (unpaired) electrons. The van der Waals surface area contributed by atoms with Gasteiger partial charge in [-0.3, -0.25) is 0 Å². The highest BCUT2D eigenvalue weighted by atomic mass is 28.4. The molecule has 0 amide bonds. The van der Waals surface area contributed by atoms with E-state index in [2.05, 4.69) is 91.5 Å². The molecular weight excluding hydrogens is 452 g/mol. The van der Waals surface area contributed by atoms with Crippen LogP contribution in [-0.4, -0.2) is 36.7 Å². The lowest BCUT2D eigenvalue weighted by atomic mass is 10.2. The molecule has 0 aliphatic carbocycles. The molecule has 0 unspecified atom stereocenters. The number of rotatable bonds is 14. The summed E-state index contributed by atoms with van der Waals surface area (Å²) in [6, 6.07) is 32.9. The van der Waals surface area contributed by atoms with E-state index in [9.17, 15) is 0 Å². The van der Waals surface area contributed by atoms with Crippen LogP contribution in [0.15, 0.2) is 91.5 Å². The van der Waals surface area contributed by atoms with Gasteiger partial charge in [-0.2, -0.15) is 0 Å². The van der Waals surface area contributed by atoms with Crippen molar-refractivity contribution in [1.29, 1.82) is 0 Å². The normalized spacial score (nSPS) is 12.0. The summed E-state index contributed by atoms with van der Waals surface area (Å²) in [5.41, 5.74) is 1.16. The largest absolute Gasteiger partial charge is 0.500 e. The van der Waals surface area contributed by atoms with Crippen molar-refractivity contribution in [2.75, 3.05) is 19.8 Å². The molecule has 180 valence electrons. The molecule has 0 aliphatic heterocycles. The third kappa shape index (κ3) is 6.03. The molecule has 0 aliphatic rings. The number of hydrogen-bond donors (Lipinski definition) is 0. The Morgan fingerprint density at radius 2 is 1.15 bits per heavy atom. The number of benzene rings is 3. The van der Waals surface area contributed by atoms with Crippen LogP contribution in [0.1, 0.15) is 32.8 Å². The highest BCUT2D eigenvalue weighted by Crippen LogP contribution is 2.24. The fourth-order valence-electron chi connectivity index (χ4n) is 4.88. The van der Waals surface area contributed by atoms with Gasteiger partial charge in [-0.1, -0.05) is 104 Å². The number of hydrogen-bond acceptors (Lipinski definition) is 3. The van der Waals surface area contributed by atoms with Crippen LogP contribution in [-0.2, 0) is 13.3 Å². The SMILES string of the molecule is C=Cc1cccc([Si](CCC[Si](OCC)(OCC)OCC)(c2ccccc2)c2ccccc2)c1. The summed E-state index contributed by atoms with van der Waals surface area (Å²) in [5.74, 6) is 0. The van der Waals surface area contributed by atoms with Crippen LogP contribution >= 0.6 is 0 Å². The van der Waals surface area contributed by atoms with Crippen LogP contribution < -0.4 is 15.6 Å². The highest BCUT2D eigenvalue weighted by molar-refractivity contribution is 7.11. The van der Waals surface area contributed by atoms with Crippen molar-refractivity contribution in [2.24, 2.45) is 0 Å². The van der Waals surface area contributed by atoms with Crippen molar-refractivity contribution in [3.05, 3.63) is 97.1 Å². The summed E-state index contributed by atoms with van der Waals surface area (Å²) >= 11 is 0. The van der Waals surface area contributed by atoms with Crippen LogP contribution in [0, 0.1) is 0 Å². The molecule has 0 saturated carbocycles. The van der Waals surface area contributed by atoms with E-state index in [1.165, 1.54) is 15.6 Å². The van der Waals surface area contributed by atoms with E-state index in [1.54, 1.807) is 0 Å². The molecule has 0 fully saturated rings. The van der Waals surface area contributed by atoms with E-state index in [1.807, 2.05) is 26.8 Å². The molecule has 5 heteroatoms. The second kappa shape index (κ2) is 13.0. The molecule has 0 bridgehead atoms. The quantitative estimate of drug-likeness (QED) is 0.228. The van der Waals surface area contributed by atoms with Gasteiger partial charge in [0.2, 0.25) is 0 Å². The predicted molar refractivity (Wildman–Crippen MR) is 149 cm³/mol. The molecule has 3 aromatic rings. The Morgan fingerprint density at radius 3 is 1.62 bits per heavy atom. The van der Waals surface area contributed by atoms with Crippen molar-refractivity contribution in [3.8, 4) is 0 Å². The van der Waals surface area contributed by atoms with Gasteiger partial charge in [-0.25, -0.2) is 0 Å². The zero-order valence-corrected chi connectivity index (χ0v) is 22.8. The first-order chi connectivity index (χ1) is 16.6. The minimum absolute atomic E-state index is 0.605. The Kier molecular flexibility index (Phi) is 10.0. The summed E-state index contributed by atoms with van der Waals surface area (Å²) < 4.78 is 18.5.